The quantitative estimate of drug-likeness (QED) is 0.128. The first kappa shape index (κ1) is 36.1. The fourth-order valence-corrected chi connectivity index (χ4v) is 9.79. The molecule has 0 N–H and O–H groups in total. The van der Waals surface area contributed by atoms with Crippen molar-refractivity contribution in [2.75, 3.05) is 0 Å². The average Bonchev–Trinajstić information content (AvgIpc) is 3.38. The first-order valence-electron chi connectivity index (χ1n) is 21.7. The van der Waals surface area contributed by atoms with Crippen LogP contribution in [0.3, 0.4) is 0 Å². The summed E-state index contributed by atoms with van der Waals surface area (Å²) in [5.41, 5.74) is 9.48. The molecule has 0 radical (unpaired) electrons. The van der Waals surface area contributed by atoms with Gasteiger partial charge in [-0.3, -0.25) is 0 Å². The van der Waals surface area contributed by atoms with Crippen LogP contribution in [0.5, 0.6) is 0 Å². The van der Waals surface area contributed by atoms with Crippen molar-refractivity contribution in [3.05, 3.63) is 218 Å². The molecule has 0 amide bonds. The zero-order valence-electron chi connectivity index (χ0n) is 34.6. The van der Waals surface area contributed by atoms with Crippen LogP contribution in [0.2, 0.25) is 0 Å². The number of pyridine rings is 1. The molecule has 2 aromatic heterocycles. The third-order valence-electron chi connectivity index (χ3n) is 12.8. The zero-order chi connectivity index (χ0) is 42.1. The fourth-order valence-electron chi connectivity index (χ4n) is 9.79. The van der Waals surface area contributed by atoms with Crippen LogP contribution in [0.1, 0.15) is 0 Å². The SMILES string of the molecule is c1ccc(-c2cccc(-c3nc(-c4ccccc4)nc(-c4ccc5c6ccc(-c7c8ccc9ccccc9c8nc8c7ccc7ccccc78)cc6c6ccccc6c5c4)n3)c2)cc1. The lowest BCUT2D eigenvalue weighted by atomic mass is 9.88. The fraction of sp³-hybridized carbons (Fsp3) is 0. The molecule has 4 nitrogen and oxygen atoms in total. The van der Waals surface area contributed by atoms with Crippen LogP contribution < -0.4 is 0 Å². The van der Waals surface area contributed by atoms with Crippen molar-refractivity contribution >= 4 is 75.7 Å². The van der Waals surface area contributed by atoms with Gasteiger partial charge in [0.1, 0.15) is 0 Å². The second-order valence-electron chi connectivity index (χ2n) is 16.5. The van der Waals surface area contributed by atoms with Crippen LogP contribution >= 0.6 is 0 Å². The minimum Gasteiger partial charge on any atom is -0.246 e. The maximum Gasteiger partial charge on any atom is 0.164 e. The molecule has 0 atom stereocenters. The van der Waals surface area contributed by atoms with Crippen molar-refractivity contribution in [1.29, 1.82) is 0 Å². The molecule has 296 valence electrons. The molecule has 13 aromatic rings. The van der Waals surface area contributed by atoms with Crippen molar-refractivity contribution in [2.24, 2.45) is 0 Å². The van der Waals surface area contributed by atoms with E-state index in [-0.39, 0.29) is 0 Å². The largest absolute Gasteiger partial charge is 0.246 e. The van der Waals surface area contributed by atoms with Gasteiger partial charge in [-0.15, -0.1) is 0 Å². The van der Waals surface area contributed by atoms with Gasteiger partial charge in [0.15, 0.2) is 17.5 Å². The van der Waals surface area contributed by atoms with Gasteiger partial charge < -0.3 is 0 Å². The molecule has 13 rings (SSSR count). The Hall–Kier alpha value is -8.60. The molecule has 0 aliphatic carbocycles. The van der Waals surface area contributed by atoms with E-state index in [1.54, 1.807) is 0 Å². The summed E-state index contributed by atoms with van der Waals surface area (Å²) < 4.78 is 0. The third-order valence-corrected chi connectivity index (χ3v) is 12.8. The van der Waals surface area contributed by atoms with Crippen molar-refractivity contribution in [1.82, 2.24) is 19.9 Å². The van der Waals surface area contributed by atoms with Gasteiger partial charge in [0.25, 0.3) is 0 Å². The van der Waals surface area contributed by atoms with E-state index >= 15 is 0 Å². The standard InChI is InChI=1S/C60H36N4/c1-3-14-37(15-4-1)41-20-13-21-43(34-41)59-62-58(40-18-5-2-6-19-40)63-60(64-59)44-29-31-50-49-30-28-42(35-53(49)47-24-11-12-25-48(47)54(50)36-44)55-51-32-26-38-16-7-9-22-45(38)56(51)61-57-46-23-10-8-17-39(46)27-33-52(55)57/h1-36H. The molecule has 0 bridgehead atoms. The van der Waals surface area contributed by atoms with E-state index in [9.17, 15) is 0 Å². The molecular weight excluding hydrogens is 777 g/mol. The summed E-state index contributed by atoms with van der Waals surface area (Å²) >= 11 is 0. The Balaban J connectivity index is 1.02. The maximum absolute atomic E-state index is 5.45. The Morgan fingerprint density at radius 1 is 0.203 bits per heavy atom. The van der Waals surface area contributed by atoms with Crippen LogP contribution in [-0.4, -0.2) is 19.9 Å². The number of hydrogen-bond acceptors (Lipinski definition) is 4. The minimum absolute atomic E-state index is 0.631. The van der Waals surface area contributed by atoms with E-state index in [2.05, 4.69) is 194 Å². The highest BCUT2D eigenvalue weighted by Crippen LogP contribution is 2.43. The summed E-state index contributed by atoms with van der Waals surface area (Å²) in [7, 11) is 0. The highest BCUT2D eigenvalue weighted by atomic mass is 15.0. The number of benzene rings is 11. The predicted molar refractivity (Wildman–Crippen MR) is 267 cm³/mol. The average molecular weight is 813 g/mol. The van der Waals surface area contributed by atoms with Gasteiger partial charge >= 0.3 is 0 Å². The zero-order valence-corrected chi connectivity index (χ0v) is 34.6. The lowest BCUT2D eigenvalue weighted by Crippen LogP contribution is -2.00. The minimum atomic E-state index is 0.631. The number of nitrogens with zero attached hydrogens (tertiary/aromatic N) is 4. The first-order chi connectivity index (χ1) is 31.7. The summed E-state index contributed by atoms with van der Waals surface area (Å²) in [6.07, 6.45) is 0. The molecule has 0 spiro atoms. The van der Waals surface area contributed by atoms with E-state index in [4.69, 9.17) is 19.9 Å². The lowest BCUT2D eigenvalue weighted by molar-refractivity contribution is 1.07. The summed E-state index contributed by atoms with van der Waals surface area (Å²) in [6, 6.07) is 77.7. The molecule has 0 saturated carbocycles. The van der Waals surface area contributed by atoms with Crippen LogP contribution in [-0.2, 0) is 0 Å². The second-order valence-corrected chi connectivity index (χ2v) is 16.5. The molecule has 2 heterocycles. The molecular formula is C60H36N4. The van der Waals surface area contributed by atoms with Gasteiger partial charge in [-0.1, -0.05) is 200 Å². The number of fused-ring (bicyclic) bond motifs is 12. The molecule has 11 aromatic carbocycles. The predicted octanol–water partition coefficient (Wildman–Crippen LogP) is 15.7. The highest BCUT2D eigenvalue weighted by molar-refractivity contribution is 6.27. The van der Waals surface area contributed by atoms with Crippen molar-refractivity contribution in [3.63, 3.8) is 0 Å². The van der Waals surface area contributed by atoms with Gasteiger partial charge in [0.05, 0.1) is 11.0 Å². The Bertz CT molecular complexity index is 3900. The molecule has 4 heteroatoms. The van der Waals surface area contributed by atoms with Gasteiger partial charge in [0, 0.05) is 43.8 Å². The van der Waals surface area contributed by atoms with E-state index in [1.807, 2.05) is 24.3 Å². The number of aromatic nitrogens is 4. The van der Waals surface area contributed by atoms with Gasteiger partial charge in [-0.25, -0.2) is 19.9 Å². The van der Waals surface area contributed by atoms with Crippen LogP contribution in [0.15, 0.2) is 218 Å². The third kappa shape index (κ3) is 5.84. The van der Waals surface area contributed by atoms with Gasteiger partial charge in [0.2, 0.25) is 0 Å². The Morgan fingerprint density at radius 2 is 0.609 bits per heavy atom. The monoisotopic (exact) mass is 812 g/mol. The lowest BCUT2D eigenvalue weighted by Gasteiger charge is -2.17. The van der Waals surface area contributed by atoms with Crippen molar-refractivity contribution in [2.45, 2.75) is 0 Å². The Labute approximate surface area is 368 Å². The van der Waals surface area contributed by atoms with Crippen LogP contribution in [0.4, 0.5) is 0 Å². The van der Waals surface area contributed by atoms with E-state index < -0.39 is 0 Å². The molecule has 0 aliphatic heterocycles. The van der Waals surface area contributed by atoms with Gasteiger partial charge in [-0.2, -0.15) is 0 Å². The molecule has 64 heavy (non-hydrogen) atoms. The topological polar surface area (TPSA) is 51.6 Å². The van der Waals surface area contributed by atoms with Crippen molar-refractivity contribution in [3.8, 4) is 56.4 Å². The van der Waals surface area contributed by atoms with Crippen LogP contribution in [0, 0.1) is 0 Å². The Morgan fingerprint density at radius 3 is 1.20 bits per heavy atom. The number of hydrogen-bond donors (Lipinski definition) is 0. The molecule has 0 aliphatic rings. The van der Waals surface area contributed by atoms with Crippen LogP contribution in [0.25, 0.3) is 132 Å². The summed E-state index contributed by atoms with van der Waals surface area (Å²) in [5, 5.41) is 14.1. The highest BCUT2D eigenvalue weighted by Gasteiger charge is 2.19. The van der Waals surface area contributed by atoms with E-state index in [1.165, 1.54) is 48.8 Å². The maximum atomic E-state index is 5.45. The van der Waals surface area contributed by atoms with Crippen molar-refractivity contribution < 1.29 is 0 Å². The summed E-state index contributed by atoms with van der Waals surface area (Å²) in [5.74, 6) is 1.90. The Kier molecular flexibility index (Phi) is 8.18. The molecule has 0 fully saturated rings. The smallest absolute Gasteiger partial charge is 0.164 e. The summed E-state index contributed by atoms with van der Waals surface area (Å²) in [6.45, 7) is 0. The normalized spacial score (nSPS) is 11.8. The second kappa shape index (κ2) is 14.5. The summed E-state index contributed by atoms with van der Waals surface area (Å²) in [4.78, 5) is 20.8. The van der Waals surface area contributed by atoms with E-state index in [0.717, 1.165) is 65.8 Å². The number of rotatable bonds is 5. The first-order valence-corrected chi connectivity index (χ1v) is 21.7. The van der Waals surface area contributed by atoms with Gasteiger partial charge in [-0.05, 0) is 78.0 Å². The van der Waals surface area contributed by atoms with E-state index in [0.29, 0.717) is 17.5 Å². The molecule has 0 saturated heterocycles. The molecule has 0 unspecified atom stereocenters.